The van der Waals surface area contributed by atoms with Crippen molar-refractivity contribution in [2.75, 3.05) is 11.6 Å². The van der Waals surface area contributed by atoms with Crippen LogP contribution in [0.3, 0.4) is 0 Å². The Morgan fingerprint density at radius 2 is 1.95 bits per heavy atom. The van der Waals surface area contributed by atoms with Gasteiger partial charge in [-0.25, -0.2) is 8.42 Å². The van der Waals surface area contributed by atoms with Crippen LogP contribution in [0.2, 0.25) is 0 Å². The summed E-state index contributed by atoms with van der Waals surface area (Å²) in [5.74, 6) is 0. The molecule has 19 heavy (non-hydrogen) atoms. The summed E-state index contributed by atoms with van der Waals surface area (Å²) < 4.78 is 23.4. The standard InChI is InChI=1S/C14H17NO2S2/c1-11(10-12-6-5-9-18-12)15-13-7-3-4-8-14(13)19(2,16)17/h3-9,11,15H,10H2,1-2H3. The van der Waals surface area contributed by atoms with Crippen molar-refractivity contribution in [1.29, 1.82) is 0 Å². The van der Waals surface area contributed by atoms with E-state index >= 15 is 0 Å². The highest BCUT2D eigenvalue weighted by atomic mass is 32.2. The summed E-state index contributed by atoms with van der Waals surface area (Å²) in [6.45, 7) is 2.05. The maximum atomic E-state index is 11.7. The van der Waals surface area contributed by atoms with Gasteiger partial charge in [-0.2, -0.15) is 0 Å². The summed E-state index contributed by atoms with van der Waals surface area (Å²) >= 11 is 1.71. The number of benzene rings is 1. The van der Waals surface area contributed by atoms with Crippen LogP contribution in [0.25, 0.3) is 0 Å². The Bertz CT molecular complexity index is 633. The van der Waals surface area contributed by atoms with Crippen molar-refractivity contribution in [3.63, 3.8) is 0 Å². The summed E-state index contributed by atoms with van der Waals surface area (Å²) in [5, 5.41) is 5.33. The maximum absolute atomic E-state index is 11.7. The van der Waals surface area contributed by atoms with Crippen LogP contribution in [0.1, 0.15) is 11.8 Å². The van der Waals surface area contributed by atoms with Crippen molar-refractivity contribution in [1.82, 2.24) is 0 Å². The van der Waals surface area contributed by atoms with Gasteiger partial charge in [-0.05, 0) is 30.5 Å². The molecule has 0 aliphatic rings. The zero-order valence-corrected chi connectivity index (χ0v) is 12.6. The topological polar surface area (TPSA) is 46.2 Å². The Balaban J connectivity index is 2.15. The summed E-state index contributed by atoms with van der Waals surface area (Å²) in [5.41, 5.74) is 0.675. The Morgan fingerprint density at radius 1 is 1.21 bits per heavy atom. The van der Waals surface area contributed by atoms with E-state index in [1.54, 1.807) is 29.5 Å². The SMILES string of the molecule is CC(Cc1cccs1)Nc1ccccc1S(C)(=O)=O. The Kier molecular flexibility index (Phi) is 4.27. The van der Waals surface area contributed by atoms with Crippen molar-refractivity contribution >= 4 is 26.9 Å². The predicted molar refractivity (Wildman–Crippen MR) is 80.7 cm³/mol. The molecule has 2 rings (SSSR count). The first-order valence-corrected chi connectivity index (χ1v) is 8.82. The highest BCUT2D eigenvalue weighted by molar-refractivity contribution is 7.90. The molecule has 102 valence electrons. The van der Waals surface area contributed by atoms with Gasteiger partial charge in [0, 0.05) is 23.6 Å². The lowest BCUT2D eigenvalue weighted by atomic mass is 10.2. The molecule has 0 spiro atoms. The molecule has 0 bridgehead atoms. The van der Waals surface area contributed by atoms with Gasteiger partial charge in [0.15, 0.2) is 9.84 Å². The van der Waals surface area contributed by atoms with Gasteiger partial charge in [-0.3, -0.25) is 0 Å². The second-order valence-corrected chi connectivity index (χ2v) is 7.61. The van der Waals surface area contributed by atoms with Crippen LogP contribution in [0.4, 0.5) is 5.69 Å². The average molecular weight is 295 g/mol. The molecule has 1 heterocycles. The first kappa shape index (κ1) is 14.1. The molecule has 5 heteroatoms. The van der Waals surface area contributed by atoms with E-state index in [1.165, 1.54) is 11.1 Å². The first-order valence-electron chi connectivity index (χ1n) is 6.05. The molecule has 1 atom stereocenters. The molecule has 0 saturated carbocycles. The van der Waals surface area contributed by atoms with Crippen molar-refractivity contribution in [3.8, 4) is 0 Å². The number of rotatable bonds is 5. The van der Waals surface area contributed by atoms with Gasteiger partial charge in [-0.1, -0.05) is 18.2 Å². The van der Waals surface area contributed by atoms with Crippen LogP contribution in [0.15, 0.2) is 46.7 Å². The summed E-state index contributed by atoms with van der Waals surface area (Å²) in [4.78, 5) is 1.64. The normalized spacial score (nSPS) is 13.2. The molecule has 0 saturated heterocycles. The van der Waals surface area contributed by atoms with Crippen LogP contribution in [-0.4, -0.2) is 20.7 Å². The number of hydrogen-bond acceptors (Lipinski definition) is 4. The van der Waals surface area contributed by atoms with E-state index < -0.39 is 9.84 Å². The third kappa shape index (κ3) is 3.81. The lowest BCUT2D eigenvalue weighted by molar-refractivity contribution is 0.602. The molecule has 0 aliphatic heterocycles. The van der Waals surface area contributed by atoms with Crippen LogP contribution < -0.4 is 5.32 Å². The van der Waals surface area contributed by atoms with Gasteiger partial charge in [0.05, 0.1) is 10.6 Å². The van der Waals surface area contributed by atoms with E-state index in [1.807, 2.05) is 17.5 Å². The van der Waals surface area contributed by atoms with Crippen molar-refractivity contribution < 1.29 is 8.42 Å². The fourth-order valence-corrected chi connectivity index (χ4v) is 3.64. The van der Waals surface area contributed by atoms with Crippen molar-refractivity contribution in [2.45, 2.75) is 24.3 Å². The maximum Gasteiger partial charge on any atom is 0.177 e. The van der Waals surface area contributed by atoms with E-state index in [0.29, 0.717) is 10.6 Å². The zero-order chi connectivity index (χ0) is 13.9. The molecule has 1 aromatic carbocycles. The van der Waals surface area contributed by atoms with E-state index in [2.05, 4.69) is 18.3 Å². The molecule has 0 aliphatic carbocycles. The Labute approximate surface area is 118 Å². The number of sulfone groups is 1. The molecule has 2 aromatic rings. The second kappa shape index (κ2) is 5.75. The van der Waals surface area contributed by atoms with E-state index in [0.717, 1.165) is 6.42 Å². The molecule has 3 nitrogen and oxygen atoms in total. The van der Waals surface area contributed by atoms with Gasteiger partial charge in [0.2, 0.25) is 0 Å². The smallest absolute Gasteiger partial charge is 0.177 e. The molecular weight excluding hydrogens is 278 g/mol. The number of hydrogen-bond donors (Lipinski definition) is 1. The lowest BCUT2D eigenvalue weighted by Crippen LogP contribution is -2.19. The molecule has 1 unspecified atom stereocenters. The van der Waals surface area contributed by atoms with Gasteiger partial charge in [0.25, 0.3) is 0 Å². The van der Waals surface area contributed by atoms with Crippen molar-refractivity contribution in [2.24, 2.45) is 0 Å². The van der Waals surface area contributed by atoms with Crippen LogP contribution in [-0.2, 0) is 16.3 Å². The van der Waals surface area contributed by atoms with E-state index in [-0.39, 0.29) is 6.04 Å². The van der Waals surface area contributed by atoms with Crippen LogP contribution >= 0.6 is 11.3 Å². The third-order valence-corrected chi connectivity index (χ3v) is 4.83. The van der Waals surface area contributed by atoms with Crippen LogP contribution in [0, 0.1) is 0 Å². The fraction of sp³-hybridized carbons (Fsp3) is 0.286. The van der Waals surface area contributed by atoms with Gasteiger partial charge in [-0.15, -0.1) is 11.3 Å². The number of thiophene rings is 1. The third-order valence-electron chi connectivity index (χ3n) is 2.78. The fourth-order valence-electron chi connectivity index (χ4n) is 1.96. The molecule has 0 amide bonds. The molecule has 1 aromatic heterocycles. The first-order chi connectivity index (χ1) is 8.97. The summed E-state index contributed by atoms with van der Waals surface area (Å²) in [7, 11) is -3.20. The van der Waals surface area contributed by atoms with Gasteiger partial charge in [0.1, 0.15) is 0 Å². The Morgan fingerprint density at radius 3 is 2.58 bits per heavy atom. The number of nitrogens with one attached hydrogen (secondary N) is 1. The van der Waals surface area contributed by atoms with Crippen molar-refractivity contribution in [3.05, 3.63) is 46.7 Å². The average Bonchev–Trinajstić information content (AvgIpc) is 2.81. The molecular formula is C14H17NO2S2. The minimum absolute atomic E-state index is 0.182. The molecule has 0 fully saturated rings. The number of para-hydroxylation sites is 1. The second-order valence-electron chi connectivity index (χ2n) is 4.60. The van der Waals surface area contributed by atoms with Gasteiger partial charge < -0.3 is 5.32 Å². The predicted octanol–water partition coefficient (Wildman–Crippen LogP) is 3.19. The minimum Gasteiger partial charge on any atom is -0.381 e. The Hall–Kier alpha value is -1.33. The lowest BCUT2D eigenvalue weighted by Gasteiger charge is -2.16. The molecule has 0 radical (unpaired) electrons. The minimum atomic E-state index is -3.20. The molecule has 1 N–H and O–H groups in total. The monoisotopic (exact) mass is 295 g/mol. The highest BCUT2D eigenvalue weighted by Crippen LogP contribution is 2.22. The van der Waals surface area contributed by atoms with Gasteiger partial charge >= 0.3 is 0 Å². The number of anilines is 1. The highest BCUT2D eigenvalue weighted by Gasteiger charge is 2.14. The van der Waals surface area contributed by atoms with E-state index in [9.17, 15) is 8.42 Å². The summed E-state index contributed by atoms with van der Waals surface area (Å²) in [6, 6.07) is 11.3. The largest absolute Gasteiger partial charge is 0.381 e. The zero-order valence-electron chi connectivity index (χ0n) is 11.0. The van der Waals surface area contributed by atoms with E-state index in [4.69, 9.17) is 0 Å². The van der Waals surface area contributed by atoms with Crippen LogP contribution in [0.5, 0.6) is 0 Å². The quantitative estimate of drug-likeness (QED) is 0.921. The summed E-state index contributed by atoms with van der Waals surface area (Å²) in [6.07, 6.45) is 2.12.